The lowest BCUT2D eigenvalue weighted by Crippen LogP contribution is -2.20. The summed E-state index contributed by atoms with van der Waals surface area (Å²) in [6.45, 7) is 8.75. The van der Waals surface area contributed by atoms with Gasteiger partial charge in [-0.3, -0.25) is 4.98 Å². The van der Waals surface area contributed by atoms with Crippen molar-refractivity contribution in [3.8, 4) is 11.5 Å². The maximum atomic E-state index is 4.52. The second-order valence-corrected chi connectivity index (χ2v) is 10.4. The van der Waals surface area contributed by atoms with E-state index in [9.17, 15) is 0 Å². The van der Waals surface area contributed by atoms with Crippen LogP contribution in [0.25, 0.3) is 5.57 Å². The molecule has 0 fully saturated rings. The number of nitrogens with one attached hydrogen (secondary N) is 1. The molecule has 1 aromatic rings. The molecule has 2 nitrogen and oxygen atoms in total. The molecule has 2 heterocycles. The van der Waals surface area contributed by atoms with E-state index in [1.54, 1.807) is 0 Å². The van der Waals surface area contributed by atoms with Gasteiger partial charge in [0.25, 0.3) is 0 Å². The Morgan fingerprint density at radius 3 is 2.67 bits per heavy atom. The Labute approximate surface area is 111 Å². The molecule has 0 amide bonds. The van der Waals surface area contributed by atoms with Crippen LogP contribution in [0.2, 0.25) is 19.6 Å². The number of rotatable bonds is 1. The fraction of sp³-hybridized carbons (Fsp3) is 0.400. The van der Waals surface area contributed by atoms with E-state index in [4.69, 9.17) is 0 Å². The number of nitrogens with zero attached hydrogens (tertiary/aromatic N) is 1. The van der Waals surface area contributed by atoms with E-state index >= 15 is 0 Å². The van der Waals surface area contributed by atoms with Gasteiger partial charge in [0.05, 0.1) is 5.69 Å². The van der Waals surface area contributed by atoms with E-state index < -0.39 is 8.07 Å². The summed E-state index contributed by atoms with van der Waals surface area (Å²) in [5.74, 6) is 3.23. The van der Waals surface area contributed by atoms with E-state index in [1.807, 2.05) is 6.20 Å². The van der Waals surface area contributed by atoms with Crippen LogP contribution in [0.3, 0.4) is 0 Å². The third-order valence-corrected chi connectivity index (χ3v) is 3.61. The molecular weight excluding hydrogens is 236 g/mol. The Bertz CT molecular complexity index is 498. The van der Waals surface area contributed by atoms with Crippen LogP contribution < -0.4 is 5.32 Å². The van der Waals surface area contributed by atoms with Crippen molar-refractivity contribution in [3.63, 3.8) is 0 Å². The summed E-state index contributed by atoms with van der Waals surface area (Å²) in [6.07, 6.45) is 5.18. The highest BCUT2D eigenvalue weighted by Crippen LogP contribution is 2.17. The van der Waals surface area contributed by atoms with Crippen molar-refractivity contribution in [2.24, 2.45) is 0 Å². The van der Waals surface area contributed by atoms with Gasteiger partial charge in [0.15, 0.2) is 0 Å². The summed E-state index contributed by atoms with van der Waals surface area (Å²) >= 11 is 0. The van der Waals surface area contributed by atoms with Gasteiger partial charge in [-0.1, -0.05) is 31.6 Å². The average Bonchev–Trinajstić information content (AvgIpc) is 2.37. The summed E-state index contributed by atoms with van der Waals surface area (Å²) in [6, 6.07) is 4.17. The summed E-state index contributed by atoms with van der Waals surface area (Å²) in [5.41, 5.74) is 6.82. The average molecular weight is 256 g/mol. The SMILES string of the molecule is C[Si](C)(C)C#Cc1ccc(C2=CCNCC2)nc1. The number of hydrogen-bond donors (Lipinski definition) is 1. The summed E-state index contributed by atoms with van der Waals surface area (Å²) in [5, 5.41) is 3.31. The summed E-state index contributed by atoms with van der Waals surface area (Å²) in [4.78, 5) is 4.52. The molecule has 0 atom stereocenters. The fourth-order valence-corrected chi connectivity index (χ4v) is 2.29. The van der Waals surface area contributed by atoms with Gasteiger partial charge in [0.2, 0.25) is 0 Å². The molecule has 0 bridgehead atoms. The van der Waals surface area contributed by atoms with Crippen LogP contribution in [-0.4, -0.2) is 26.1 Å². The second kappa shape index (κ2) is 5.51. The Morgan fingerprint density at radius 1 is 1.28 bits per heavy atom. The van der Waals surface area contributed by atoms with Crippen molar-refractivity contribution in [1.29, 1.82) is 0 Å². The maximum Gasteiger partial charge on any atom is 0.129 e. The molecule has 18 heavy (non-hydrogen) atoms. The van der Waals surface area contributed by atoms with Gasteiger partial charge in [0.1, 0.15) is 8.07 Å². The zero-order chi connectivity index (χ0) is 13.0. The maximum absolute atomic E-state index is 4.52. The van der Waals surface area contributed by atoms with Crippen LogP contribution in [0.1, 0.15) is 17.7 Å². The van der Waals surface area contributed by atoms with E-state index in [0.29, 0.717) is 0 Å². The first kappa shape index (κ1) is 13.1. The van der Waals surface area contributed by atoms with Crippen LogP contribution >= 0.6 is 0 Å². The lowest BCUT2D eigenvalue weighted by Gasteiger charge is -2.13. The first-order chi connectivity index (χ1) is 8.54. The van der Waals surface area contributed by atoms with Crippen molar-refractivity contribution in [3.05, 3.63) is 35.7 Å². The molecule has 94 valence electrons. The molecular formula is C15H20N2Si. The molecule has 1 N–H and O–H groups in total. The molecule has 0 aliphatic carbocycles. The number of pyridine rings is 1. The topological polar surface area (TPSA) is 24.9 Å². The highest BCUT2D eigenvalue weighted by atomic mass is 28.3. The van der Waals surface area contributed by atoms with Crippen molar-refractivity contribution in [1.82, 2.24) is 10.3 Å². The second-order valence-electron chi connectivity index (χ2n) is 5.62. The zero-order valence-electron chi connectivity index (χ0n) is 11.4. The summed E-state index contributed by atoms with van der Waals surface area (Å²) < 4.78 is 0. The smallest absolute Gasteiger partial charge is 0.129 e. The van der Waals surface area contributed by atoms with Gasteiger partial charge in [-0.15, -0.1) is 5.54 Å². The van der Waals surface area contributed by atoms with E-state index in [-0.39, 0.29) is 0 Å². The minimum Gasteiger partial charge on any atom is -0.313 e. The predicted molar refractivity (Wildman–Crippen MR) is 79.9 cm³/mol. The zero-order valence-corrected chi connectivity index (χ0v) is 12.4. The first-order valence-corrected chi connectivity index (χ1v) is 9.94. The molecule has 0 saturated heterocycles. The van der Waals surface area contributed by atoms with E-state index in [2.05, 4.69) is 59.6 Å². The molecule has 1 aliphatic heterocycles. The van der Waals surface area contributed by atoms with Crippen LogP contribution in [-0.2, 0) is 0 Å². The van der Waals surface area contributed by atoms with Crippen LogP contribution in [0.5, 0.6) is 0 Å². The van der Waals surface area contributed by atoms with Crippen LogP contribution in [0.15, 0.2) is 24.4 Å². The van der Waals surface area contributed by atoms with Crippen molar-refractivity contribution in [2.45, 2.75) is 26.1 Å². The largest absolute Gasteiger partial charge is 0.313 e. The molecule has 2 rings (SSSR count). The molecule has 3 heteroatoms. The Balaban J connectivity index is 2.14. The van der Waals surface area contributed by atoms with Crippen molar-refractivity contribution < 1.29 is 0 Å². The lowest BCUT2D eigenvalue weighted by atomic mass is 10.1. The minimum atomic E-state index is -1.29. The Morgan fingerprint density at radius 2 is 2.11 bits per heavy atom. The normalized spacial score (nSPS) is 15.6. The van der Waals surface area contributed by atoms with Gasteiger partial charge in [0, 0.05) is 18.3 Å². The van der Waals surface area contributed by atoms with Gasteiger partial charge in [-0.25, -0.2) is 0 Å². The van der Waals surface area contributed by atoms with Gasteiger partial charge < -0.3 is 5.32 Å². The fourth-order valence-electron chi connectivity index (χ4n) is 1.77. The molecule has 0 saturated carbocycles. The van der Waals surface area contributed by atoms with Gasteiger partial charge in [-0.05, 0) is 30.7 Å². The number of hydrogen-bond acceptors (Lipinski definition) is 2. The summed E-state index contributed by atoms with van der Waals surface area (Å²) in [7, 11) is -1.29. The quantitative estimate of drug-likeness (QED) is 0.617. The Kier molecular flexibility index (Phi) is 4.00. The van der Waals surface area contributed by atoms with Crippen LogP contribution in [0, 0.1) is 11.5 Å². The third kappa shape index (κ3) is 3.83. The molecule has 1 aromatic heterocycles. The third-order valence-electron chi connectivity index (χ3n) is 2.74. The lowest BCUT2D eigenvalue weighted by molar-refractivity contribution is 0.737. The molecule has 1 aliphatic rings. The predicted octanol–water partition coefficient (Wildman–Crippen LogP) is 2.69. The molecule has 0 aromatic carbocycles. The Hall–Kier alpha value is -1.37. The van der Waals surface area contributed by atoms with Gasteiger partial charge in [-0.2, -0.15) is 0 Å². The molecule has 0 spiro atoms. The van der Waals surface area contributed by atoms with E-state index in [0.717, 1.165) is 30.8 Å². The minimum absolute atomic E-state index is 0.953. The first-order valence-electron chi connectivity index (χ1n) is 6.44. The van der Waals surface area contributed by atoms with Gasteiger partial charge >= 0.3 is 0 Å². The molecule has 0 unspecified atom stereocenters. The van der Waals surface area contributed by atoms with E-state index in [1.165, 1.54) is 5.57 Å². The highest BCUT2D eigenvalue weighted by Gasteiger charge is 2.08. The number of aromatic nitrogens is 1. The monoisotopic (exact) mass is 256 g/mol. The van der Waals surface area contributed by atoms with Crippen molar-refractivity contribution >= 4 is 13.6 Å². The molecule has 0 radical (unpaired) electrons. The highest BCUT2D eigenvalue weighted by molar-refractivity contribution is 6.83. The van der Waals surface area contributed by atoms with Crippen molar-refractivity contribution in [2.75, 3.05) is 13.1 Å². The standard InChI is InChI=1S/C15H20N2Si/c1-18(2,3)11-8-13-4-5-15(17-12-13)14-6-9-16-10-7-14/h4-6,12,16H,7,9-10H2,1-3H3. The van der Waals surface area contributed by atoms with Crippen LogP contribution in [0.4, 0.5) is 0 Å².